The van der Waals surface area contributed by atoms with Crippen molar-refractivity contribution in [1.29, 1.82) is 0 Å². The quantitative estimate of drug-likeness (QED) is 0.352. The average molecular weight is 617 g/mol. The number of hydrogen-bond acceptors (Lipinski definition) is 6. The molecule has 0 saturated heterocycles. The van der Waals surface area contributed by atoms with Gasteiger partial charge < -0.3 is 19.7 Å². The van der Waals surface area contributed by atoms with Crippen LogP contribution in [0.5, 0.6) is 11.5 Å². The average Bonchev–Trinajstić information content (AvgIpc) is 3.38. The highest BCUT2D eigenvalue weighted by Gasteiger charge is 2.33. The fourth-order valence-corrected chi connectivity index (χ4v) is 5.39. The van der Waals surface area contributed by atoms with Gasteiger partial charge in [0.1, 0.15) is 12.6 Å². The van der Waals surface area contributed by atoms with E-state index in [1.165, 1.54) is 11.0 Å². The normalized spacial score (nSPS) is 13.0. The van der Waals surface area contributed by atoms with Crippen molar-refractivity contribution in [3.8, 4) is 11.5 Å². The van der Waals surface area contributed by atoms with Crippen molar-refractivity contribution in [1.82, 2.24) is 10.2 Å². The van der Waals surface area contributed by atoms with Gasteiger partial charge in [0.2, 0.25) is 28.6 Å². The van der Waals surface area contributed by atoms with Gasteiger partial charge in [-0.3, -0.25) is 13.9 Å². The van der Waals surface area contributed by atoms with Gasteiger partial charge >= 0.3 is 0 Å². The number of halogens is 1. The van der Waals surface area contributed by atoms with Gasteiger partial charge in [0.15, 0.2) is 11.5 Å². The van der Waals surface area contributed by atoms with Crippen LogP contribution in [0.3, 0.4) is 0 Å². The largest absolute Gasteiger partial charge is 0.454 e. The van der Waals surface area contributed by atoms with Gasteiger partial charge in [0.05, 0.1) is 11.9 Å². The summed E-state index contributed by atoms with van der Waals surface area (Å²) in [6.07, 6.45) is 1.30. The molecule has 9 nitrogen and oxygen atoms in total. The van der Waals surface area contributed by atoms with Gasteiger partial charge in [-0.25, -0.2) is 8.42 Å². The molecule has 4 rings (SSSR count). The molecule has 0 bridgehead atoms. The van der Waals surface area contributed by atoms with Crippen LogP contribution in [0.25, 0.3) is 0 Å². The number of nitrogens with zero attached hydrogens (tertiary/aromatic N) is 2. The minimum absolute atomic E-state index is 0.0330. The molecule has 1 unspecified atom stereocenters. The van der Waals surface area contributed by atoms with E-state index in [4.69, 9.17) is 9.47 Å². The van der Waals surface area contributed by atoms with Gasteiger partial charge in [-0.05, 0) is 42.3 Å². The summed E-state index contributed by atoms with van der Waals surface area (Å²) in [5, 5.41) is 2.84. The minimum Gasteiger partial charge on any atom is -0.454 e. The van der Waals surface area contributed by atoms with Crippen LogP contribution in [-0.2, 0) is 32.6 Å². The van der Waals surface area contributed by atoms with Crippen molar-refractivity contribution in [2.45, 2.75) is 25.9 Å². The van der Waals surface area contributed by atoms with Crippen LogP contribution >= 0.6 is 15.9 Å². The maximum absolute atomic E-state index is 14.0. The number of carbonyl (C=O) groups is 2. The molecule has 1 aliphatic heterocycles. The van der Waals surface area contributed by atoms with Crippen LogP contribution in [0.4, 0.5) is 5.69 Å². The fraction of sp³-hybridized carbons (Fsp3) is 0.286. The number of ether oxygens (including phenoxy) is 2. The first-order valence-electron chi connectivity index (χ1n) is 12.4. The number of sulfonamides is 1. The Bertz CT molecular complexity index is 1420. The Labute approximate surface area is 236 Å². The van der Waals surface area contributed by atoms with Crippen molar-refractivity contribution in [2.75, 3.05) is 30.4 Å². The molecule has 0 aromatic heterocycles. The van der Waals surface area contributed by atoms with Crippen LogP contribution in [0.15, 0.2) is 77.3 Å². The van der Waals surface area contributed by atoms with Crippen molar-refractivity contribution in [2.24, 2.45) is 0 Å². The molecular weight excluding hydrogens is 586 g/mol. The van der Waals surface area contributed by atoms with Crippen LogP contribution in [0.1, 0.15) is 18.1 Å². The van der Waals surface area contributed by atoms with Crippen molar-refractivity contribution >= 4 is 43.5 Å². The number of benzene rings is 3. The minimum atomic E-state index is -3.87. The molecule has 3 aromatic rings. The molecule has 0 saturated carbocycles. The van der Waals surface area contributed by atoms with Gasteiger partial charge in [-0.1, -0.05) is 58.4 Å². The molecule has 0 radical (unpaired) electrons. The topological polar surface area (TPSA) is 105 Å². The first kappa shape index (κ1) is 28.4. The number of rotatable bonds is 11. The fourth-order valence-electron chi connectivity index (χ4n) is 4.29. The van der Waals surface area contributed by atoms with Gasteiger partial charge in [0, 0.05) is 30.0 Å². The summed E-state index contributed by atoms with van der Waals surface area (Å²) < 4.78 is 38.4. The molecule has 1 atom stereocenters. The Morgan fingerprint density at radius 2 is 1.67 bits per heavy atom. The maximum Gasteiger partial charge on any atom is 0.244 e. The first-order valence-corrected chi connectivity index (χ1v) is 15.0. The Balaban J connectivity index is 1.71. The van der Waals surface area contributed by atoms with E-state index >= 15 is 0 Å². The zero-order valence-corrected chi connectivity index (χ0v) is 24.1. The van der Waals surface area contributed by atoms with Gasteiger partial charge in [-0.2, -0.15) is 0 Å². The van der Waals surface area contributed by atoms with E-state index in [0.29, 0.717) is 18.0 Å². The van der Waals surface area contributed by atoms with E-state index in [2.05, 4.69) is 21.2 Å². The molecule has 1 aliphatic rings. The van der Waals surface area contributed by atoms with E-state index in [1.807, 2.05) is 61.5 Å². The SMILES string of the molecule is CCNC(=O)C(Cc1ccccc1)N(Cc1ccc(Br)cc1)C(=O)CN(c1ccc2c(c1)OCO2)S(C)(=O)=O. The number of nitrogens with one attached hydrogen (secondary N) is 1. The van der Waals surface area contributed by atoms with Crippen LogP contribution < -0.4 is 19.1 Å². The predicted octanol–water partition coefficient (Wildman–Crippen LogP) is 3.72. The van der Waals surface area contributed by atoms with E-state index in [0.717, 1.165) is 26.2 Å². The summed E-state index contributed by atoms with van der Waals surface area (Å²) in [6.45, 7) is 1.84. The highest BCUT2D eigenvalue weighted by Crippen LogP contribution is 2.36. The van der Waals surface area contributed by atoms with Crippen LogP contribution in [-0.4, -0.2) is 57.3 Å². The van der Waals surface area contributed by atoms with E-state index in [-0.39, 0.29) is 31.4 Å². The van der Waals surface area contributed by atoms with Gasteiger partial charge in [0.25, 0.3) is 0 Å². The number of carbonyl (C=O) groups excluding carboxylic acids is 2. The number of likely N-dealkylation sites (N-methyl/N-ethyl adjacent to an activating group) is 1. The summed E-state index contributed by atoms with van der Waals surface area (Å²) in [4.78, 5) is 28.8. The Hall–Kier alpha value is -3.57. The van der Waals surface area contributed by atoms with Crippen molar-refractivity contribution in [3.63, 3.8) is 0 Å². The lowest BCUT2D eigenvalue weighted by Gasteiger charge is -2.33. The number of fused-ring (bicyclic) bond motifs is 1. The third-order valence-electron chi connectivity index (χ3n) is 6.21. The number of hydrogen-bond donors (Lipinski definition) is 1. The molecule has 1 N–H and O–H groups in total. The second-order valence-electron chi connectivity index (χ2n) is 9.06. The second-order valence-corrected chi connectivity index (χ2v) is 11.9. The molecule has 2 amide bonds. The molecule has 0 fully saturated rings. The zero-order valence-electron chi connectivity index (χ0n) is 21.7. The molecule has 0 spiro atoms. The highest BCUT2D eigenvalue weighted by molar-refractivity contribution is 9.10. The highest BCUT2D eigenvalue weighted by atomic mass is 79.9. The summed E-state index contributed by atoms with van der Waals surface area (Å²) in [7, 11) is -3.87. The second kappa shape index (κ2) is 12.5. The van der Waals surface area contributed by atoms with Gasteiger partial charge in [-0.15, -0.1) is 0 Å². The maximum atomic E-state index is 14.0. The zero-order chi connectivity index (χ0) is 28.0. The predicted molar refractivity (Wildman–Crippen MR) is 152 cm³/mol. The van der Waals surface area contributed by atoms with E-state index < -0.39 is 28.5 Å². The van der Waals surface area contributed by atoms with Crippen LogP contribution in [0.2, 0.25) is 0 Å². The van der Waals surface area contributed by atoms with Crippen molar-refractivity contribution in [3.05, 3.63) is 88.4 Å². The third-order valence-corrected chi connectivity index (χ3v) is 7.88. The molecular formula is C28H30BrN3O6S. The monoisotopic (exact) mass is 615 g/mol. The summed E-state index contributed by atoms with van der Waals surface area (Å²) in [5.74, 6) is 0.0492. The molecule has 0 aliphatic carbocycles. The third kappa shape index (κ3) is 7.30. The standard InChI is InChI=1S/C28H30BrN3O6S/c1-3-30-28(34)24(15-20-7-5-4-6-8-20)31(17-21-9-11-22(29)12-10-21)27(33)18-32(39(2,35)36)23-13-14-25-26(16-23)38-19-37-25/h4-14,16,24H,3,15,17-19H2,1-2H3,(H,30,34). The Morgan fingerprint density at radius 1 is 0.974 bits per heavy atom. The summed E-state index contributed by atoms with van der Waals surface area (Å²) in [5.41, 5.74) is 1.93. The number of anilines is 1. The summed E-state index contributed by atoms with van der Waals surface area (Å²) >= 11 is 3.42. The smallest absolute Gasteiger partial charge is 0.244 e. The lowest BCUT2D eigenvalue weighted by Crippen LogP contribution is -2.53. The lowest BCUT2D eigenvalue weighted by atomic mass is 10.0. The van der Waals surface area contributed by atoms with Crippen LogP contribution in [0, 0.1) is 0 Å². The molecule has 11 heteroatoms. The number of amides is 2. The lowest BCUT2D eigenvalue weighted by molar-refractivity contribution is -0.140. The molecule has 39 heavy (non-hydrogen) atoms. The molecule has 206 valence electrons. The molecule has 3 aromatic carbocycles. The van der Waals surface area contributed by atoms with Crippen molar-refractivity contribution < 1.29 is 27.5 Å². The Kier molecular flexibility index (Phi) is 9.13. The molecule has 1 heterocycles. The summed E-state index contributed by atoms with van der Waals surface area (Å²) in [6, 6.07) is 20.6. The van der Waals surface area contributed by atoms with E-state index in [1.54, 1.807) is 12.1 Å². The Morgan fingerprint density at radius 3 is 2.33 bits per heavy atom. The first-order chi connectivity index (χ1) is 18.7. The van der Waals surface area contributed by atoms with E-state index in [9.17, 15) is 18.0 Å².